The number of carboxylic acid groups (broad SMARTS) is 1. The van der Waals surface area contributed by atoms with Crippen LogP contribution in [-0.4, -0.2) is 58.0 Å². The second kappa shape index (κ2) is 8.70. The number of hydrogen-bond acceptors (Lipinski definition) is 5. The zero-order valence-electron chi connectivity index (χ0n) is 17.2. The maximum Gasteiger partial charge on any atom is 0.354 e. The van der Waals surface area contributed by atoms with E-state index in [4.69, 9.17) is 16.3 Å². The Morgan fingerprint density at radius 2 is 2.00 bits per heavy atom. The third-order valence-electron chi connectivity index (χ3n) is 5.95. The number of amides is 2. The van der Waals surface area contributed by atoms with Crippen molar-refractivity contribution in [1.29, 1.82) is 0 Å². The molecule has 1 saturated carbocycles. The number of carbonyl (C=O) groups is 3. The van der Waals surface area contributed by atoms with Crippen LogP contribution in [0.1, 0.15) is 48.2 Å². The molecule has 1 aromatic carbocycles. The summed E-state index contributed by atoms with van der Waals surface area (Å²) in [6.07, 6.45) is 4.47. The molecule has 31 heavy (non-hydrogen) atoms. The van der Waals surface area contributed by atoms with E-state index in [0.717, 1.165) is 31.2 Å². The molecule has 8 nitrogen and oxygen atoms in total. The van der Waals surface area contributed by atoms with Gasteiger partial charge in [-0.1, -0.05) is 11.6 Å². The summed E-state index contributed by atoms with van der Waals surface area (Å²) in [6, 6.07) is 4.34. The number of fused-ring (bicyclic) bond motifs is 1. The number of aromatic carboxylic acids is 1. The summed E-state index contributed by atoms with van der Waals surface area (Å²) in [4.78, 5) is 42.6. The summed E-state index contributed by atoms with van der Waals surface area (Å²) in [7, 11) is 0. The van der Waals surface area contributed by atoms with E-state index < -0.39 is 12.0 Å². The highest BCUT2D eigenvalue weighted by Crippen LogP contribution is 2.31. The number of carboxylic acids is 1. The van der Waals surface area contributed by atoms with Gasteiger partial charge in [-0.3, -0.25) is 9.59 Å². The van der Waals surface area contributed by atoms with Gasteiger partial charge in [0.2, 0.25) is 5.91 Å². The average Bonchev–Trinajstić information content (AvgIpc) is 3.19. The number of ether oxygens (including phenoxy) is 1. The highest BCUT2D eigenvalue weighted by atomic mass is 35.5. The summed E-state index contributed by atoms with van der Waals surface area (Å²) < 4.78 is 5.74. The normalized spacial score (nSPS) is 18.6. The van der Waals surface area contributed by atoms with Crippen LogP contribution < -0.4 is 10.1 Å². The molecule has 2 aromatic rings. The molecule has 1 atom stereocenters. The number of benzene rings is 1. The minimum absolute atomic E-state index is 0.111. The van der Waals surface area contributed by atoms with E-state index in [1.54, 1.807) is 24.0 Å². The van der Waals surface area contributed by atoms with E-state index in [2.05, 4.69) is 10.3 Å². The monoisotopic (exact) mass is 445 g/mol. The lowest BCUT2D eigenvalue weighted by atomic mass is 9.93. The number of pyridine rings is 1. The van der Waals surface area contributed by atoms with Gasteiger partial charge >= 0.3 is 5.97 Å². The molecule has 4 rings (SSSR count). The highest BCUT2D eigenvalue weighted by Gasteiger charge is 2.35. The van der Waals surface area contributed by atoms with Gasteiger partial charge in [-0.15, -0.1) is 0 Å². The van der Waals surface area contributed by atoms with E-state index in [1.807, 2.05) is 0 Å². The van der Waals surface area contributed by atoms with Crippen LogP contribution >= 0.6 is 11.6 Å². The Morgan fingerprint density at radius 1 is 1.23 bits per heavy atom. The molecule has 0 spiro atoms. The minimum atomic E-state index is -1.20. The van der Waals surface area contributed by atoms with Gasteiger partial charge in [0.15, 0.2) is 12.3 Å². The molecule has 2 amide bonds. The predicted octanol–water partition coefficient (Wildman–Crippen LogP) is 2.93. The quantitative estimate of drug-likeness (QED) is 0.707. The first-order valence-corrected chi connectivity index (χ1v) is 10.8. The number of nitrogens with one attached hydrogen (secondary N) is 1. The fourth-order valence-electron chi connectivity index (χ4n) is 3.96. The molecule has 1 aromatic heterocycles. The van der Waals surface area contributed by atoms with Crippen LogP contribution in [0.15, 0.2) is 18.2 Å². The summed E-state index contributed by atoms with van der Waals surface area (Å²) in [5, 5.41) is 13.4. The number of carbonyl (C=O) groups excluding carboxylic acids is 2. The van der Waals surface area contributed by atoms with Crippen LogP contribution in [0.2, 0.25) is 5.02 Å². The predicted molar refractivity (Wildman–Crippen MR) is 114 cm³/mol. The maximum atomic E-state index is 12.8. The number of aromatic nitrogens is 1. The first kappa shape index (κ1) is 21.4. The number of hydrogen-bond donors (Lipinski definition) is 2. The topological polar surface area (TPSA) is 109 Å². The Morgan fingerprint density at radius 3 is 2.68 bits per heavy atom. The molecule has 1 aliphatic heterocycles. The third-order valence-corrected chi connectivity index (χ3v) is 6.36. The molecule has 0 unspecified atom stereocenters. The first-order valence-electron chi connectivity index (χ1n) is 10.4. The van der Waals surface area contributed by atoms with Gasteiger partial charge in [-0.05, 0) is 56.7 Å². The Labute approximate surface area is 184 Å². The van der Waals surface area contributed by atoms with Crippen LogP contribution in [0.3, 0.4) is 0 Å². The van der Waals surface area contributed by atoms with E-state index in [0.29, 0.717) is 28.9 Å². The second-order valence-corrected chi connectivity index (χ2v) is 8.51. The van der Waals surface area contributed by atoms with E-state index in [9.17, 15) is 19.5 Å². The molecule has 2 fully saturated rings. The Bertz CT molecular complexity index is 1050. The molecule has 0 radical (unpaired) electrons. The SMILES string of the molecule is Cc1cc2nc(C(=O)O)cc(OCC(=O)N3CCC[C@H]3C(=O)NC3CCC3)c2cc1Cl. The highest BCUT2D eigenvalue weighted by molar-refractivity contribution is 6.32. The van der Waals surface area contributed by atoms with Crippen molar-refractivity contribution in [2.75, 3.05) is 13.2 Å². The minimum Gasteiger partial charge on any atom is -0.483 e. The van der Waals surface area contributed by atoms with Crippen LogP contribution in [0.4, 0.5) is 0 Å². The Kier molecular flexibility index (Phi) is 6.00. The van der Waals surface area contributed by atoms with Crippen molar-refractivity contribution in [3.05, 3.63) is 34.5 Å². The number of likely N-dealkylation sites (tertiary alicyclic amines) is 1. The third kappa shape index (κ3) is 4.44. The van der Waals surface area contributed by atoms with Crippen molar-refractivity contribution < 1.29 is 24.2 Å². The van der Waals surface area contributed by atoms with E-state index in [1.165, 1.54) is 6.07 Å². The van der Waals surface area contributed by atoms with E-state index in [-0.39, 0.29) is 35.9 Å². The van der Waals surface area contributed by atoms with Gasteiger partial charge in [0.25, 0.3) is 5.91 Å². The molecule has 2 aliphatic rings. The van der Waals surface area contributed by atoms with Gasteiger partial charge < -0.3 is 20.1 Å². The molecular weight excluding hydrogens is 422 g/mol. The molecule has 164 valence electrons. The maximum absolute atomic E-state index is 12.8. The van der Waals surface area contributed by atoms with Gasteiger partial charge in [0.1, 0.15) is 11.8 Å². The standard InChI is InChI=1S/C22H24ClN3O5/c1-12-8-16-14(9-15(12)23)19(10-17(25-16)22(29)30)31-11-20(27)26-7-3-6-18(26)21(28)24-13-4-2-5-13/h8-10,13,18H,2-7,11H2,1H3,(H,24,28)(H,29,30)/t18-/m0/s1. The van der Waals surface area contributed by atoms with Crippen molar-refractivity contribution in [2.24, 2.45) is 0 Å². The van der Waals surface area contributed by atoms with Crippen LogP contribution in [0.5, 0.6) is 5.75 Å². The largest absolute Gasteiger partial charge is 0.483 e. The molecule has 1 saturated heterocycles. The molecule has 2 N–H and O–H groups in total. The zero-order chi connectivity index (χ0) is 22.1. The number of halogens is 1. The molecule has 2 heterocycles. The van der Waals surface area contributed by atoms with Crippen molar-refractivity contribution in [1.82, 2.24) is 15.2 Å². The lowest BCUT2D eigenvalue weighted by Crippen LogP contribution is -2.51. The summed E-state index contributed by atoms with van der Waals surface area (Å²) in [5.74, 6) is -1.41. The van der Waals surface area contributed by atoms with Gasteiger partial charge in [-0.2, -0.15) is 0 Å². The van der Waals surface area contributed by atoms with Crippen LogP contribution in [0, 0.1) is 6.92 Å². The second-order valence-electron chi connectivity index (χ2n) is 8.10. The van der Waals surface area contributed by atoms with Gasteiger partial charge in [0, 0.05) is 29.1 Å². The van der Waals surface area contributed by atoms with Crippen molar-refractivity contribution in [3.8, 4) is 5.75 Å². The van der Waals surface area contributed by atoms with Crippen molar-refractivity contribution in [2.45, 2.75) is 51.1 Å². The zero-order valence-corrected chi connectivity index (χ0v) is 17.9. The molecule has 9 heteroatoms. The van der Waals surface area contributed by atoms with Crippen molar-refractivity contribution >= 4 is 40.3 Å². The van der Waals surface area contributed by atoms with Gasteiger partial charge in [-0.25, -0.2) is 9.78 Å². The number of nitrogens with zero attached hydrogens (tertiary/aromatic N) is 2. The molecular formula is C22H24ClN3O5. The Balaban J connectivity index is 1.51. The smallest absolute Gasteiger partial charge is 0.354 e. The number of rotatable bonds is 6. The summed E-state index contributed by atoms with van der Waals surface area (Å²) in [5.41, 5.74) is 0.988. The first-order chi connectivity index (χ1) is 14.8. The van der Waals surface area contributed by atoms with Crippen LogP contribution in [-0.2, 0) is 9.59 Å². The van der Waals surface area contributed by atoms with E-state index >= 15 is 0 Å². The van der Waals surface area contributed by atoms with Crippen molar-refractivity contribution in [3.63, 3.8) is 0 Å². The lowest BCUT2D eigenvalue weighted by Gasteiger charge is -2.30. The molecule has 0 bridgehead atoms. The number of aryl methyl sites for hydroxylation is 1. The fourth-order valence-corrected chi connectivity index (χ4v) is 4.12. The average molecular weight is 446 g/mol. The van der Waals surface area contributed by atoms with Gasteiger partial charge in [0.05, 0.1) is 5.52 Å². The van der Waals surface area contributed by atoms with Crippen LogP contribution in [0.25, 0.3) is 10.9 Å². The Hall–Kier alpha value is -2.87. The fraction of sp³-hybridized carbons (Fsp3) is 0.455. The summed E-state index contributed by atoms with van der Waals surface area (Å²) in [6.45, 7) is 1.98. The molecule has 1 aliphatic carbocycles. The summed E-state index contributed by atoms with van der Waals surface area (Å²) >= 11 is 6.22. The lowest BCUT2D eigenvalue weighted by molar-refractivity contribution is -0.140.